The molecule has 0 spiro atoms. The second kappa shape index (κ2) is 6.27. The van der Waals surface area contributed by atoms with Crippen LogP contribution < -0.4 is 10.7 Å². The third-order valence-corrected chi connectivity index (χ3v) is 3.79. The Bertz CT molecular complexity index is 699. The van der Waals surface area contributed by atoms with Gasteiger partial charge in [-0.25, -0.2) is 0 Å². The molecule has 3 nitrogen and oxygen atoms in total. The van der Waals surface area contributed by atoms with Crippen molar-refractivity contribution in [2.45, 2.75) is 47.2 Å². The lowest BCUT2D eigenvalue weighted by atomic mass is 10.1. The molecule has 0 fully saturated rings. The van der Waals surface area contributed by atoms with Gasteiger partial charge in [-0.3, -0.25) is 4.79 Å². The smallest absolute Gasteiger partial charge is 0.186 e. The quantitative estimate of drug-likeness (QED) is 0.935. The molecule has 1 aromatic heterocycles. The maximum Gasteiger partial charge on any atom is 0.186 e. The Morgan fingerprint density at radius 2 is 1.81 bits per heavy atom. The Hall–Kier alpha value is -1.87. The number of aromatic nitrogens is 1. The number of nitrogens with one attached hydrogen (secondary N) is 1. The molecule has 0 bridgehead atoms. The molecule has 0 aliphatic heterocycles. The van der Waals surface area contributed by atoms with E-state index in [9.17, 15) is 4.79 Å². The molecule has 0 unspecified atom stereocenters. The lowest BCUT2D eigenvalue weighted by molar-refractivity contribution is 0.585. The van der Waals surface area contributed by atoms with Crippen molar-refractivity contribution in [1.82, 2.24) is 9.88 Å². The molecular weight excluding hydrogens is 260 g/mol. The molecule has 112 valence electrons. The molecule has 0 saturated carbocycles. The van der Waals surface area contributed by atoms with Crippen LogP contribution in [0.25, 0.3) is 5.69 Å². The maximum atomic E-state index is 12.1. The van der Waals surface area contributed by atoms with Gasteiger partial charge in [0.05, 0.1) is 0 Å². The maximum absolute atomic E-state index is 12.1. The highest BCUT2D eigenvalue weighted by Crippen LogP contribution is 2.16. The second-order valence-electron chi connectivity index (χ2n) is 5.98. The summed E-state index contributed by atoms with van der Waals surface area (Å²) < 4.78 is 2.09. The predicted molar refractivity (Wildman–Crippen MR) is 88.2 cm³/mol. The van der Waals surface area contributed by atoms with Crippen LogP contribution >= 0.6 is 0 Å². The Labute approximate surface area is 126 Å². The molecule has 1 N–H and O–H groups in total. The minimum absolute atomic E-state index is 0.0979. The standard InChI is InChI=1S/C18H24N2O/c1-12(2)19-10-16-11-20(15(5)9-18(16)21)17-7-6-13(3)14(4)8-17/h6-9,11-12,19H,10H2,1-5H3. The van der Waals surface area contributed by atoms with Crippen molar-refractivity contribution in [1.29, 1.82) is 0 Å². The predicted octanol–water partition coefficient (Wildman–Crippen LogP) is 3.26. The third kappa shape index (κ3) is 3.61. The molecule has 0 aliphatic carbocycles. The fourth-order valence-electron chi connectivity index (χ4n) is 2.27. The number of aryl methyl sites for hydroxylation is 3. The summed E-state index contributed by atoms with van der Waals surface area (Å²) in [6.07, 6.45) is 1.96. The van der Waals surface area contributed by atoms with E-state index in [0.717, 1.165) is 16.9 Å². The molecule has 1 aromatic carbocycles. The van der Waals surface area contributed by atoms with E-state index in [2.05, 4.69) is 55.8 Å². The normalized spacial score (nSPS) is 11.1. The van der Waals surface area contributed by atoms with E-state index in [1.807, 2.05) is 13.1 Å². The van der Waals surface area contributed by atoms with Crippen molar-refractivity contribution in [3.63, 3.8) is 0 Å². The van der Waals surface area contributed by atoms with Gasteiger partial charge >= 0.3 is 0 Å². The third-order valence-electron chi connectivity index (χ3n) is 3.79. The van der Waals surface area contributed by atoms with Crippen molar-refractivity contribution >= 4 is 0 Å². The zero-order valence-electron chi connectivity index (χ0n) is 13.5. The minimum Gasteiger partial charge on any atom is -0.321 e. The van der Waals surface area contributed by atoms with Crippen LogP contribution in [0.5, 0.6) is 0 Å². The summed E-state index contributed by atoms with van der Waals surface area (Å²) >= 11 is 0. The first kappa shape index (κ1) is 15.5. The topological polar surface area (TPSA) is 34.0 Å². The highest BCUT2D eigenvalue weighted by atomic mass is 16.1. The van der Waals surface area contributed by atoms with Crippen molar-refractivity contribution in [2.75, 3.05) is 0 Å². The summed E-state index contributed by atoms with van der Waals surface area (Å²) in [5.74, 6) is 0. The fraction of sp³-hybridized carbons (Fsp3) is 0.389. The van der Waals surface area contributed by atoms with Crippen LogP contribution in [0.3, 0.4) is 0 Å². The van der Waals surface area contributed by atoms with E-state index >= 15 is 0 Å². The van der Waals surface area contributed by atoms with Crippen LogP contribution in [-0.2, 0) is 6.54 Å². The van der Waals surface area contributed by atoms with Gasteiger partial charge < -0.3 is 9.88 Å². The van der Waals surface area contributed by atoms with Crippen LogP contribution in [0.4, 0.5) is 0 Å². The summed E-state index contributed by atoms with van der Waals surface area (Å²) in [5, 5.41) is 3.31. The molecule has 0 amide bonds. The zero-order chi connectivity index (χ0) is 15.6. The zero-order valence-corrected chi connectivity index (χ0v) is 13.5. The van der Waals surface area contributed by atoms with Crippen molar-refractivity contribution in [3.8, 4) is 5.69 Å². The number of benzene rings is 1. The molecule has 0 aliphatic rings. The van der Waals surface area contributed by atoms with Crippen molar-refractivity contribution in [3.05, 3.63) is 63.1 Å². The Kier molecular flexibility index (Phi) is 4.63. The summed E-state index contributed by atoms with van der Waals surface area (Å²) in [6.45, 7) is 10.9. The van der Waals surface area contributed by atoms with E-state index in [-0.39, 0.29) is 5.43 Å². The van der Waals surface area contributed by atoms with Gasteiger partial charge in [0.25, 0.3) is 0 Å². The number of rotatable bonds is 4. The van der Waals surface area contributed by atoms with Gasteiger partial charge in [0, 0.05) is 41.8 Å². The van der Waals surface area contributed by atoms with Crippen LogP contribution in [-0.4, -0.2) is 10.6 Å². The molecule has 2 rings (SSSR count). The lowest BCUT2D eigenvalue weighted by Crippen LogP contribution is -2.26. The Balaban J connectivity index is 2.45. The molecule has 0 atom stereocenters. The molecule has 0 saturated heterocycles. The molecule has 0 radical (unpaired) electrons. The molecular formula is C18H24N2O. The van der Waals surface area contributed by atoms with Gasteiger partial charge in [-0.15, -0.1) is 0 Å². The minimum atomic E-state index is 0.0979. The lowest BCUT2D eigenvalue weighted by Gasteiger charge is -2.15. The van der Waals surface area contributed by atoms with Gasteiger partial charge in [0.15, 0.2) is 5.43 Å². The first-order valence-electron chi connectivity index (χ1n) is 7.41. The van der Waals surface area contributed by atoms with Gasteiger partial charge in [-0.2, -0.15) is 0 Å². The van der Waals surface area contributed by atoms with Crippen LogP contribution in [0.15, 0.2) is 35.3 Å². The average Bonchev–Trinajstić information content (AvgIpc) is 2.41. The number of hydrogen-bond acceptors (Lipinski definition) is 2. The number of hydrogen-bond donors (Lipinski definition) is 1. The molecule has 2 aromatic rings. The monoisotopic (exact) mass is 284 g/mol. The summed E-state index contributed by atoms with van der Waals surface area (Å²) in [6, 6.07) is 8.45. The van der Waals surface area contributed by atoms with Gasteiger partial charge in [-0.1, -0.05) is 19.9 Å². The summed E-state index contributed by atoms with van der Waals surface area (Å²) in [4.78, 5) is 12.1. The van der Waals surface area contributed by atoms with E-state index in [4.69, 9.17) is 0 Å². The Morgan fingerprint density at radius 1 is 1.10 bits per heavy atom. The van der Waals surface area contributed by atoms with Gasteiger partial charge in [0.2, 0.25) is 0 Å². The largest absolute Gasteiger partial charge is 0.321 e. The number of nitrogens with zero attached hydrogens (tertiary/aromatic N) is 1. The number of pyridine rings is 1. The van der Waals surface area contributed by atoms with Crippen molar-refractivity contribution < 1.29 is 0 Å². The summed E-state index contributed by atoms with van der Waals surface area (Å²) in [7, 11) is 0. The highest BCUT2D eigenvalue weighted by Gasteiger charge is 2.07. The SMILES string of the molecule is Cc1ccc(-n2cc(CNC(C)C)c(=O)cc2C)cc1C. The second-order valence-corrected chi connectivity index (χ2v) is 5.98. The molecule has 21 heavy (non-hydrogen) atoms. The summed E-state index contributed by atoms with van der Waals surface area (Å²) in [5.41, 5.74) is 5.48. The fourth-order valence-corrected chi connectivity index (χ4v) is 2.27. The first-order chi connectivity index (χ1) is 9.88. The van der Waals surface area contributed by atoms with Crippen LogP contribution in [0.1, 0.15) is 36.2 Å². The molecule has 3 heteroatoms. The van der Waals surface area contributed by atoms with Crippen LogP contribution in [0.2, 0.25) is 0 Å². The average molecular weight is 284 g/mol. The van der Waals surface area contributed by atoms with Gasteiger partial charge in [-0.05, 0) is 44.0 Å². The van der Waals surface area contributed by atoms with Gasteiger partial charge in [0.1, 0.15) is 0 Å². The van der Waals surface area contributed by atoms with Crippen LogP contribution in [0, 0.1) is 20.8 Å². The van der Waals surface area contributed by atoms with E-state index in [1.165, 1.54) is 11.1 Å². The van der Waals surface area contributed by atoms with E-state index in [1.54, 1.807) is 6.07 Å². The van der Waals surface area contributed by atoms with E-state index in [0.29, 0.717) is 12.6 Å². The first-order valence-corrected chi connectivity index (χ1v) is 7.41. The van der Waals surface area contributed by atoms with E-state index < -0.39 is 0 Å². The highest BCUT2D eigenvalue weighted by molar-refractivity contribution is 5.41. The Morgan fingerprint density at radius 3 is 2.43 bits per heavy atom. The van der Waals surface area contributed by atoms with Crippen molar-refractivity contribution in [2.24, 2.45) is 0 Å². The molecule has 1 heterocycles.